The fourth-order valence-electron chi connectivity index (χ4n) is 2.68. The van der Waals surface area contributed by atoms with Gasteiger partial charge in [-0.3, -0.25) is 0 Å². The van der Waals surface area contributed by atoms with E-state index in [9.17, 15) is 9.90 Å². The molecule has 2 atom stereocenters. The monoisotopic (exact) mass is 275 g/mol. The first-order chi connectivity index (χ1) is 9.66. The first kappa shape index (κ1) is 13.1. The molecular formula is C15H17NO4. The summed E-state index contributed by atoms with van der Waals surface area (Å²) < 4.78 is 11.2. The summed E-state index contributed by atoms with van der Waals surface area (Å²) in [6, 6.07) is 7.44. The number of carbonyl (C=O) groups is 1. The van der Waals surface area contributed by atoms with Gasteiger partial charge in [0.2, 0.25) is 0 Å². The van der Waals surface area contributed by atoms with Crippen LogP contribution < -0.4 is 5.32 Å². The molecule has 5 nitrogen and oxygen atoms in total. The molecule has 2 heterocycles. The van der Waals surface area contributed by atoms with Gasteiger partial charge in [-0.1, -0.05) is 18.2 Å². The zero-order valence-electron chi connectivity index (χ0n) is 11.3. The predicted molar refractivity (Wildman–Crippen MR) is 73.8 cm³/mol. The zero-order valence-corrected chi connectivity index (χ0v) is 11.3. The Kier molecular flexibility index (Phi) is 3.46. The van der Waals surface area contributed by atoms with E-state index in [0.29, 0.717) is 23.3 Å². The summed E-state index contributed by atoms with van der Waals surface area (Å²) in [7, 11) is 0. The van der Waals surface area contributed by atoms with Crippen molar-refractivity contribution >= 4 is 16.9 Å². The van der Waals surface area contributed by atoms with Gasteiger partial charge in [0.1, 0.15) is 16.9 Å². The summed E-state index contributed by atoms with van der Waals surface area (Å²) >= 11 is 0. The number of carboxylic acids is 1. The molecule has 0 aliphatic carbocycles. The molecule has 5 heteroatoms. The van der Waals surface area contributed by atoms with Gasteiger partial charge in [-0.05, 0) is 19.4 Å². The van der Waals surface area contributed by atoms with Crippen molar-refractivity contribution in [1.82, 2.24) is 5.32 Å². The Morgan fingerprint density at radius 1 is 1.45 bits per heavy atom. The maximum Gasteiger partial charge on any atom is 0.339 e. The van der Waals surface area contributed by atoms with Crippen molar-refractivity contribution in [3.05, 3.63) is 35.6 Å². The fraction of sp³-hybridized carbons (Fsp3) is 0.400. The highest BCUT2D eigenvalue weighted by molar-refractivity contribution is 6.03. The molecule has 0 saturated carbocycles. The van der Waals surface area contributed by atoms with E-state index < -0.39 is 5.97 Å². The molecule has 1 aliphatic heterocycles. The van der Waals surface area contributed by atoms with Crippen molar-refractivity contribution < 1.29 is 19.1 Å². The molecule has 2 aromatic rings. The highest BCUT2D eigenvalue weighted by Crippen LogP contribution is 2.26. The third-order valence-electron chi connectivity index (χ3n) is 3.78. The highest BCUT2D eigenvalue weighted by atomic mass is 16.5. The van der Waals surface area contributed by atoms with Crippen LogP contribution in [0.1, 0.15) is 29.5 Å². The summed E-state index contributed by atoms with van der Waals surface area (Å²) in [4.78, 5) is 11.4. The molecular weight excluding hydrogens is 258 g/mol. The first-order valence-electron chi connectivity index (χ1n) is 6.75. The molecule has 0 amide bonds. The summed E-state index contributed by atoms with van der Waals surface area (Å²) in [6.45, 7) is 3.15. The van der Waals surface area contributed by atoms with Gasteiger partial charge < -0.3 is 19.6 Å². The van der Waals surface area contributed by atoms with E-state index in [-0.39, 0.29) is 17.7 Å². The number of ether oxygens (including phenoxy) is 1. The lowest BCUT2D eigenvalue weighted by molar-refractivity contribution is 0.0696. The van der Waals surface area contributed by atoms with Crippen molar-refractivity contribution in [2.45, 2.75) is 32.0 Å². The van der Waals surface area contributed by atoms with Crippen molar-refractivity contribution in [2.75, 3.05) is 6.61 Å². The van der Waals surface area contributed by atoms with Crippen molar-refractivity contribution in [2.24, 2.45) is 0 Å². The second-order valence-corrected chi connectivity index (χ2v) is 5.05. The number of fused-ring (bicyclic) bond motifs is 1. The van der Waals surface area contributed by atoms with Gasteiger partial charge in [-0.15, -0.1) is 0 Å². The minimum absolute atomic E-state index is 0.146. The van der Waals surface area contributed by atoms with Crippen LogP contribution in [0.3, 0.4) is 0 Å². The maximum atomic E-state index is 11.4. The summed E-state index contributed by atoms with van der Waals surface area (Å²) in [5.41, 5.74) is 0.858. The fourth-order valence-corrected chi connectivity index (χ4v) is 2.68. The summed E-state index contributed by atoms with van der Waals surface area (Å²) in [5, 5.41) is 13.4. The average Bonchev–Trinajstić information content (AvgIpc) is 2.99. The number of nitrogens with one attached hydrogen (secondary N) is 1. The van der Waals surface area contributed by atoms with Gasteiger partial charge in [0.05, 0.1) is 12.6 Å². The molecule has 0 bridgehead atoms. The first-order valence-corrected chi connectivity index (χ1v) is 6.75. The van der Waals surface area contributed by atoms with Gasteiger partial charge in [-0.25, -0.2) is 4.79 Å². The maximum absolute atomic E-state index is 11.4. The lowest BCUT2D eigenvalue weighted by Crippen LogP contribution is -2.34. The Bertz CT molecular complexity index is 634. The number of hydrogen-bond donors (Lipinski definition) is 2. The summed E-state index contributed by atoms with van der Waals surface area (Å²) in [5.74, 6) is -0.486. The quantitative estimate of drug-likeness (QED) is 0.896. The van der Waals surface area contributed by atoms with Crippen LogP contribution in [0.5, 0.6) is 0 Å². The minimum atomic E-state index is -0.956. The number of para-hydroxylation sites is 1. The van der Waals surface area contributed by atoms with E-state index in [1.165, 1.54) is 0 Å². The zero-order chi connectivity index (χ0) is 14.1. The van der Waals surface area contributed by atoms with Crippen LogP contribution in [-0.4, -0.2) is 29.8 Å². The number of rotatable bonds is 4. The average molecular weight is 275 g/mol. The van der Waals surface area contributed by atoms with Gasteiger partial charge in [0.15, 0.2) is 0 Å². The smallest absolute Gasteiger partial charge is 0.339 e. The number of benzene rings is 1. The Morgan fingerprint density at radius 2 is 2.25 bits per heavy atom. The number of furan rings is 1. The van der Waals surface area contributed by atoms with Crippen LogP contribution >= 0.6 is 0 Å². The largest absolute Gasteiger partial charge is 0.478 e. The van der Waals surface area contributed by atoms with Crippen molar-refractivity contribution in [1.29, 1.82) is 0 Å². The third kappa shape index (κ3) is 2.30. The minimum Gasteiger partial charge on any atom is -0.478 e. The van der Waals surface area contributed by atoms with Gasteiger partial charge in [-0.2, -0.15) is 0 Å². The van der Waals surface area contributed by atoms with E-state index in [1.807, 2.05) is 19.1 Å². The molecule has 0 radical (unpaired) electrons. The Hall–Kier alpha value is -1.85. The molecule has 1 aromatic carbocycles. The molecule has 20 heavy (non-hydrogen) atoms. The molecule has 3 rings (SSSR count). The molecule has 1 saturated heterocycles. The van der Waals surface area contributed by atoms with Crippen molar-refractivity contribution in [3.8, 4) is 0 Å². The van der Waals surface area contributed by atoms with Crippen LogP contribution in [0, 0.1) is 0 Å². The van der Waals surface area contributed by atoms with Gasteiger partial charge >= 0.3 is 5.97 Å². The SMILES string of the molecule is CC1OCCC1NCc1oc2ccccc2c1C(=O)O. The number of aromatic carboxylic acids is 1. The van der Waals surface area contributed by atoms with E-state index in [0.717, 1.165) is 13.0 Å². The Balaban J connectivity index is 1.87. The van der Waals surface area contributed by atoms with Crippen molar-refractivity contribution in [3.63, 3.8) is 0 Å². The predicted octanol–water partition coefficient (Wildman–Crippen LogP) is 2.40. The molecule has 106 valence electrons. The molecule has 2 unspecified atom stereocenters. The molecule has 1 aliphatic rings. The topological polar surface area (TPSA) is 71.7 Å². The van der Waals surface area contributed by atoms with E-state index >= 15 is 0 Å². The third-order valence-corrected chi connectivity index (χ3v) is 3.78. The Morgan fingerprint density at radius 3 is 2.95 bits per heavy atom. The lowest BCUT2D eigenvalue weighted by atomic mass is 10.1. The normalized spacial score (nSPS) is 22.4. The Labute approximate surface area is 116 Å². The lowest BCUT2D eigenvalue weighted by Gasteiger charge is -2.15. The second kappa shape index (κ2) is 5.26. The number of carboxylic acid groups (broad SMARTS) is 1. The van der Waals surface area contributed by atoms with Gasteiger partial charge in [0, 0.05) is 18.0 Å². The van der Waals surface area contributed by atoms with Crippen LogP contribution in [-0.2, 0) is 11.3 Å². The van der Waals surface area contributed by atoms with Gasteiger partial charge in [0.25, 0.3) is 0 Å². The summed E-state index contributed by atoms with van der Waals surface area (Å²) in [6.07, 6.45) is 1.08. The second-order valence-electron chi connectivity index (χ2n) is 5.05. The van der Waals surface area contributed by atoms with Crippen LogP contribution in [0.2, 0.25) is 0 Å². The standard InChI is InChI=1S/C15H17NO4/c1-9-11(6-7-19-9)16-8-13-14(15(17)18)10-4-2-3-5-12(10)20-13/h2-5,9,11,16H,6-8H2,1H3,(H,17,18). The van der Waals surface area contributed by atoms with Crippen LogP contribution in [0.25, 0.3) is 11.0 Å². The molecule has 1 fully saturated rings. The molecule has 1 aromatic heterocycles. The molecule has 2 N–H and O–H groups in total. The highest BCUT2D eigenvalue weighted by Gasteiger charge is 2.25. The molecule has 0 spiro atoms. The van der Waals surface area contributed by atoms with Crippen LogP contribution in [0.4, 0.5) is 0 Å². The van der Waals surface area contributed by atoms with Crippen LogP contribution in [0.15, 0.2) is 28.7 Å². The van der Waals surface area contributed by atoms with E-state index in [4.69, 9.17) is 9.15 Å². The van der Waals surface area contributed by atoms with E-state index in [2.05, 4.69) is 5.32 Å². The van der Waals surface area contributed by atoms with E-state index in [1.54, 1.807) is 12.1 Å². The number of hydrogen-bond acceptors (Lipinski definition) is 4.